The third-order valence-electron chi connectivity index (χ3n) is 3.76. The number of likely N-dealkylation sites (N-methyl/N-ethyl adjacent to an activating group) is 1. The number of nitro benzene ring substituents is 1. The highest BCUT2D eigenvalue weighted by molar-refractivity contribution is 5.64. The Labute approximate surface area is 115 Å². The van der Waals surface area contributed by atoms with Crippen LogP contribution in [0.3, 0.4) is 0 Å². The van der Waals surface area contributed by atoms with E-state index in [-0.39, 0.29) is 11.7 Å². The normalized spacial score (nSPS) is 22.6. The minimum absolute atomic E-state index is 0.140. The number of hydrogen-bond acceptors (Lipinski definition) is 4. The fourth-order valence-electron chi connectivity index (χ4n) is 2.72. The number of hydrogen-bond donors (Lipinski definition) is 1. The van der Waals surface area contributed by atoms with E-state index in [0.29, 0.717) is 18.9 Å². The van der Waals surface area contributed by atoms with Gasteiger partial charge in [0.2, 0.25) is 5.82 Å². The molecule has 0 aromatic heterocycles. The molecule has 0 saturated heterocycles. The van der Waals surface area contributed by atoms with Crippen molar-refractivity contribution in [2.45, 2.75) is 37.8 Å². The van der Waals surface area contributed by atoms with E-state index >= 15 is 0 Å². The molecule has 0 aliphatic heterocycles. The maximum absolute atomic E-state index is 13.6. The van der Waals surface area contributed by atoms with Crippen LogP contribution in [0.1, 0.15) is 25.7 Å². The van der Waals surface area contributed by atoms with Crippen molar-refractivity contribution in [2.24, 2.45) is 0 Å². The lowest BCUT2D eigenvalue weighted by Crippen LogP contribution is -2.43. The standard InChI is InChI=1S/C13H16F2N2O3/c1-16(10-4-2-3-5-12(10)18)11-7-8(14)6-9(15)13(11)17(19)20/h6-7,10,12,18H,2-5H2,1H3. The van der Waals surface area contributed by atoms with E-state index in [9.17, 15) is 24.0 Å². The number of rotatable bonds is 3. The van der Waals surface area contributed by atoms with Gasteiger partial charge < -0.3 is 10.0 Å². The predicted molar refractivity (Wildman–Crippen MR) is 69.7 cm³/mol. The maximum Gasteiger partial charge on any atom is 0.328 e. The van der Waals surface area contributed by atoms with Crippen molar-refractivity contribution in [2.75, 3.05) is 11.9 Å². The first kappa shape index (κ1) is 14.6. The van der Waals surface area contributed by atoms with E-state index in [1.807, 2.05) is 0 Å². The third-order valence-corrected chi connectivity index (χ3v) is 3.76. The molecule has 0 radical (unpaired) electrons. The lowest BCUT2D eigenvalue weighted by Gasteiger charge is -2.36. The Morgan fingerprint density at radius 2 is 2.00 bits per heavy atom. The highest BCUT2D eigenvalue weighted by Crippen LogP contribution is 2.35. The number of nitro groups is 1. The minimum atomic E-state index is -1.21. The zero-order chi connectivity index (χ0) is 14.9. The van der Waals surface area contributed by atoms with Gasteiger partial charge in [0.15, 0.2) is 0 Å². The van der Waals surface area contributed by atoms with Crippen LogP contribution < -0.4 is 4.90 Å². The summed E-state index contributed by atoms with van der Waals surface area (Å²) in [5, 5.41) is 20.9. The third kappa shape index (κ3) is 2.72. The minimum Gasteiger partial charge on any atom is -0.391 e. The highest BCUT2D eigenvalue weighted by atomic mass is 19.1. The van der Waals surface area contributed by atoms with Gasteiger partial charge in [-0.2, -0.15) is 4.39 Å². The number of nitrogens with zero attached hydrogens (tertiary/aromatic N) is 2. The second-order valence-electron chi connectivity index (χ2n) is 5.04. The zero-order valence-corrected chi connectivity index (χ0v) is 11.1. The average Bonchev–Trinajstić information content (AvgIpc) is 2.37. The smallest absolute Gasteiger partial charge is 0.328 e. The van der Waals surface area contributed by atoms with Gasteiger partial charge in [0.25, 0.3) is 0 Å². The van der Waals surface area contributed by atoms with Gasteiger partial charge in [0, 0.05) is 19.2 Å². The molecule has 5 nitrogen and oxygen atoms in total. The van der Waals surface area contributed by atoms with E-state index in [1.54, 1.807) is 0 Å². The molecule has 1 N–H and O–H groups in total. The second-order valence-corrected chi connectivity index (χ2v) is 5.04. The molecule has 20 heavy (non-hydrogen) atoms. The van der Waals surface area contributed by atoms with Crippen LogP contribution in [0, 0.1) is 21.7 Å². The zero-order valence-electron chi connectivity index (χ0n) is 11.1. The topological polar surface area (TPSA) is 66.6 Å². The second kappa shape index (κ2) is 5.70. The first-order valence-corrected chi connectivity index (χ1v) is 6.46. The van der Waals surface area contributed by atoms with Crippen LogP contribution in [0.15, 0.2) is 12.1 Å². The van der Waals surface area contributed by atoms with E-state index in [0.717, 1.165) is 18.9 Å². The molecular weight excluding hydrogens is 270 g/mol. The SMILES string of the molecule is CN(c1cc(F)cc(F)c1[N+](=O)[O-])C1CCCCC1O. The molecule has 0 heterocycles. The Morgan fingerprint density at radius 1 is 1.35 bits per heavy atom. The lowest BCUT2D eigenvalue weighted by atomic mass is 9.91. The summed E-state index contributed by atoms with van der Waals surface area (Å²) < 4.78 is 27.0. The van der Waals surface area contributed by atoms with Crippen LogP contribution in [-0.2, 0) is 0 Å². The van der Waals surface area contributed by atoms with Crippen molar-refractivity contribution in [3.05, 3.63) is 33.9 Å². The molecule has 2 unspecified atom stereocenters. The van der Waals surface area contributed by atoms with Crippen LogP contribution in [0.25, 0.3) is 0 Å². The Hall–Kier alpha value is -1.76. The maximum atomic E-state index is 13.6. The monoisotopic (exact) mass is 286 g/mol. The van der Waals surface area contributed by atoms with Crippen LogP contribution in [0.5, 0.6) is 0 Å². The molecule has 0 amide bonds. The summed E-state index contributed by atoms with van der Waals surface area (Å²) in [7, 11) is 1.51. The fraction of sp³-hybridized carbons (Fsp3) is 0.538. The molecule has 7 heteroatoms. The van der Waals surface area contributed by atoms with Crippen molar-refractivity contribution in [1.82, 2.24) is 0 Å². The van der Waals surface area contributed by atoms with Gasteiger partial charge in [0.05, 0.1) is 17.1 Å². The van der Waals surface area contributed by atoms with Crippen LogP contribution >= 0.6 is 0 Å². The van der Waals surface area contributed by atoms with E-state index in [4.69, 9.17) is 0 Å². The quantitative estimate of drug-likeness (QED) is 0.685. The van der Waals surface area contributed by atoms with Gasteiger partial charge in [0.1, 0.15) is 11.5 Å². The van der Waals surface area contributed by atoms with Crippen LogP contribution in [0.2, 0.25) is 0 Å². The molecule has 0 spiro atoms. The van der Waals surface area contributed by atoms with Gasteiger partial charge in [-0.25, -0.2) is 4.39 Å². The predicted octanol–water partition coefficient (Wildman–Crippen LogP) is 2.61. The molecule has 2 atom stereocenters. The van der Waals surface area contributed by atoms with Gasteiger partial charge in [-0.05, 0) is 12.8 Å². The molecular formula is C13H16F2N2O3. The van der Waals surface area contributed by atoms with Crippen molar-refractivity contribution >= 4 is 11.4 Å². The number of aliphatic hydroxyl groups is 1. The average molecular weight is 286 g/mol. The molecule has 2 rings (SSSR count). The van der Waals surface area contributed by atoms with E-state index in [2.05, 4.69) is 0 Å². The summed E-state index contributed by atoms with van der Waals surface area (Å²) in [4.78, 5) is 11.5. The van der Waals surface area contributed by atoms with E-state index in [1.165, 1.54) is 11.9 Å². The summed E-state index contributed by atoms with van der Waals surface area (Å²) >= 11 is 0. The fourth-order valence-corrected chi connectivity index (χ4v) is 2.72. The number of benzene rings is 1. The molecule has 1 fully saturated rings. The number of halogens is 2. The Balaban J connectivity index is 2.42. The Kier molecular flexibility index (Phi) is 4.17. The first-order valence-electron chi connectivity index (χ1n) is 6.46. The van der Waals surface area contributed by atoms with Gasteiger partial charge in [-0.1, -0.05) is 12.8 Å². The number of anilines is 1. The Morgan fingerprint density at radius 3 is 2.60 bits per heavy atom. The largest absolute Gasteiger partial charge is 0.391 e. The van der Waals surface area contributed by atoms with Crippen LogP contribution in [-0.4, -0.2) is 29.2 Å². The summed E-state index contributed by atoms with van der Waals surface area (Å²) in [5.74, 6) is -2.08. The molecule has 110 valence electrons. The van der Waals surface area contributed by atoms with Crippen molar-refractivity contribution in [3.8, 4) is 0 Å². The lowest BCUT2D eigenvalue weighted by molar-refractivity contribution is -0.386. The van der Waals surface area contributed by atoms with Gasteiger partial charge >= 0.3 is 5.69 Å². The Bertz CT molecular complexity index is 525. The summed E-state index contributed by atoms with van der Waals surface area (Å²) in [5.41, 5.74) is -0.898. The summed E-state index contributed by atoms with van der Waals surface area (Å²) in [6, 6.07) is 1.05. The highest BCUT2D eigenvalue weighted by Gasteiger charge is 2.32. The van der Waals surface area contributed by atoms with Crippen molar-refractivity contribution in [3.63, 3.8) is 0 Å². The molecule has 0 bridgehead atoms. The molecule has 1 aliphatic carbocycles. The number of aliphatic hydroxyl groups excluding tert-OH is 1. The van der Waals surface area contributed by atoms with Gasteiger partial charge in [-0.3, -0.25) is 10.1 Å². The van der Waals surface area contributed by atoms with Crippen molar-refractivity contribution in [1.29, 1.82) is 0 Å². The van der Waals surface area contributed by atoms with Crippen molar-refractivity contribution < 1.29 is 18.8 Å². The molecule has 1 aromatic rings. The molecule has 1 saturated carbocycles. The molecule has 1 aliphatic rings. The summed E-state index contributed by atoms with van der Waals surface area (Å²) in [6.45, 7) is 0. The molecule has 1 aromatic carbocycles. The van der Waals surface area contributed by atoms with E-state index < -0.39 is 28.3 Å². The first-order chi connectivity index (χ1) is 9.41. The van der Waals surface area contributed by atoms with Crippen LogP contribution in [0.4, 0.5) is 20.2 Å². The summed E-state index contributed by atoms with van der Waals surface area (Å²) in [6.07, 6.45) is 2.32. The van der Waals surface area contributed by atoms with Gasteiger partial charge in [-0.15, -0.1) is 0 Å².